The highest BCUT2D eigenvalue weighted by atomic mass is 16.2. The van der Waals surface area contributed by atoms with Crippen molar-refractivity contribution in [2.75, 3.05) is 18.4 Å². The van der Waals surface area contributed by atoms with Gasteiger partial charge in [0.25, 0.3) is 5.91 Å². The molecule has 0 spiro atoms. The third kappa shape index (κ3) is 3.82. The van der Waals surface area contributed by atoms with E-state index in [2.05, 4.69) is 42.1 Å². The van der Waals surface area contributed by atoms with Crippen LogP contribution in [0.5, 0.6) is 0 Å². The van der Waals surface area contributed by atoms with Gasteiger partial charge in [0.2, 0.25) is 0 Å². The summed E-state index contributed by atoms with van der Waals surface area (Å²) in [6, 6.07) is 10.2. The molecule has 2 aromatic heterocycles. The maximum absolute atomic E-state index is 13.4. The average molecular weight is 389 g/mol. The Balaban J connectivity index is 1.83. The first-order chi connectivity index (χ1) is 13.9. The largest absolute Gasteiger partial charge is 0.354 e. The number of fused-ring (bicyclic) bond motifs is 1. The second-order valence-corrected chi connectivity index (χ2v) is 8.24. The minimum Gasteiger partial charge on any atom is -0.354 e. The second kappa shape index (κ2) is 7.82. The number of likely N-dealkylation sites (tertiary alicyclic amines) is 1. The quantitative estimate of drug-likeness (QED) is 0.672. The van der Waals surface area contributed by atoms with Gasteiger partial charge in [-0.25, -0.2) is 9.97 Å². The molecule has 5 heteroatoms. The Bertz CT molecular complexity index is 1080. The van der Waals surface area contributed by atoms with Gasteiger partial charge in [-0.15, -0.1) is 0 Å². The van der Waals surface area contributed by atoms with E-state index >= 15 is 0 Å². The van der Waals surface area contributed by atoms with Gasteiger partial charge in [-0.05, 0) is 68.9 Å². The van der Waals surface area contributed by atoms with Gasteiger partial charge in [0.15, 0.2) is 5.65 Å². The molecule has 5 nitrogen and oxygen atoms in total. The maximum Gasteiger partial charge on any atom is 0.257 e. The third-order valence-corrected chi connectivity index (χ3v) is 5.91. The lowest BCUT2D eigenvalue weighted by atomic mass is 9.99. The van der Waals surface area contributed by atoms with Gasteiger partial charge in [-0.2, -0.15) is 0 Å². The van der Waals surface area contributed by atoms with E-state index in [-0.39, 0.29) is 5.91 Å². The summed E-state index contributed by atoms with van der Waals surface area (Å²) in [7, 11) is 0. The zero-order chi connectivity index (χ0) is 20.5. The number of rotatable bonds is 3. The molecule has 1 saturated heterocycles. The Morgan fingerprint density at radius 1 is 1.17 bits per heavy atom. The van der Waals surface area contributed by atoms with Gasteiger partial charge in [-0.3, -0.25) is 4.79 Å². The van der Waals surface area contributed by atoms with Gasteiger partial charge >= 0.3 is 0 Å². The van der Waals surface area contributed by atoms with Gasteiger partial charge in [0.1, 0.15) is 0 Å². The molecule has 1 unspecified atom stereocenters. The highest BCUT2D eigenvalue weighted by Gasteiger charge is 2.25. The number of pyridine rings is 2. The van der Waals surface area contributed by atoms with Crippen LogP contribution in [-0.4, -0.2) is 33.9 Å². The Kier molecular flexibility index (Phi) is 5.22. The van der Waals surface area contributed by atoms with Gasteiger partial charge in [0, 0.05) is 36.1 Å². The number of aromatic nitrogens is 2. The number of piperidine rings is 1. The molecule has 3 heterocycles. The fourth-order valence-corrected chi connectivity index (χ4v) is 4.03. The maximum atomic E-state index is 13.4. The average Bonchev–Trinajstić information content (AvgIpc) is 2.71. The van der Waals surface area contributed by atoms with E-state index in [1.807, 2.05) is 36.1 Å². The number of aryl methyl sites for hydroxylation is 2. The molecule has 1 aliphatic heterocycles. The lowest BCUT2D eigenvalue weighted by Crippen LogP contribution is -2.39. The highest BCUT2D eigenvalue weighted by molar-refractivity contribution is 6.07. The molecule has 1 aromatic carbocycles. The van der Waals surface area contributed by atoms with Crippen LogP contribution >= 0.6 is 0 Å². The molecular weight excluding hydrogens is 360 g/mol. The van der Waals surface area contributed by atoms with E-state index in [1.165, 1.54) is 17.5 Å². The molecule has 0 bridgehead atoms. The number of hydrogen-bond donors (Lipinski definition) is 1. The number of carbonyl (C=O) groups is 1. The van der Waals surface area contributed by atoms with Crippen LogP contribution in [0.1, 0.15) is 46.9 Å². The van der Waals surface area contributed by atoms with Crippen molar-refractivity contribution in [3.8, 4) is 0 Å². The summed E-state index contributed by atoms with van der Waals surface area (Å²) in [6.07, 6.45) is 3.91. The van der Waals surface area contributed by atoms with Gasteiger partial charge in [-0.1, -0.05) is 19.1 Å². The number of hydrogen-bond acceptors (Lipinski definition) is 4. The van der Waals surface area contributed by atoms with Crippen molar-refractivity contribution in [3.05, 3.63) is 58.9 Å². The third-order valence-electron chi connectivity index (χ3n) is 5.91. The van der Waals surface area contributed by atoms with E-state index in [0.717, 1.165) is 42.0 Å². The molecule has 3 aromatic rings. The van der Waals surface area contributed by atoms with Crippen LogP contribution < -0.4 is 5.32 Å². The molecule has 29 heavy (non-hydrogen) atoms. The minimum absolute atomic E-state index is 0.0410. The summed E-state index contributed by atoms with van der Waals surface area (Å²) in [5, 5.41) is 4.42. The fourth-order valence-electron chi connectivity index (χ4n) is 4.03. The molecule has 0 aliphatic carbocycles. The molecule has 0 saturated carbocycles. The Hall–Kier alpha value is -2.95. The smallest absolute Gasteiger partial charge is 0.257 e. The molecule has 1 fully saturated rings. The van der Waals surface area contributed by atoms with E-state index in [4.69, 9.17) is 0 Å². The molecule has 1 N–H and O–H groups in total. The number of anilines is 2. The predicted molar refractivity (Wildman–Crippen MR) is 118 cm³/mol. The van der Waals surface area contributed by atoms with Crippen LogP contribution in [-0.2, 0) is 0 Å². The summed E-state index contributed by atoms with van der Waals surface area (Å²) in [5.74, 6) is 0.570. The van der Waals surface area contributed by atoms with Gasteiger partial charge < -0.3 is 10.2 Å². The van der Waals surface area contributed by atoms with Gasteiger partial charge in [0.05, 0.1) is 11.3 Å². The summed E-state index contributed by atoms with van der Waals surface area (Å²) in [5.41, 5.74) is 6.34. The summed E-state index contributed by atoms with van der Waals surface area (Å²) in [6.45, 7) is 9.95. The van der Waals surface area contributed by atoms with Crippen LogP contribution in [0.25, 0.3) is 11.0 Å². The molecular formula is C24H28N4O. The number of carbonyl (C=O) groups excluding carboxylic acids is 1. The van der Waals surface area contributed by atoms with Crippen LogP contribution in [0.4, 0.5) is 11.4 Å². The van der Waals surface area contributed by atoms with Crippen molar-refractivity contribution in [2.24, 2.45) is 5.92 Å². The molecule has 1 atom stereocenters. The summed E-state index contributed by atoms with van der Waals surface area (Å²) >= 11 is 0. The van der Waals surface area contributed by atoms with E-state index in [1.54, 1.807) is 6.20 Å². The Morgan fingerprint density at radius 2 is 2.00 bits per heavy atom. The van der Waals surface area contributed by atoms with Crippen molar-refractivity contribution in [3.63, 3.8) is 0 Å². The predicted octanol–water partition coefficient (Wildman–Crippen LogP) is 5.17. The van der Waals surface area contributed by atoms with E-state index in [0.29, 0.717) is 17.1 Å². The zero-order valence-corrected chi connectivity index (χ0v) is 17.6. The van der Waals surface area contributed by atoms with Crippen molar-refractivity contribution < 1.29 is 4.79 Å². The van der Waals surface area contributed by atoms with Crippen LogP contribution in [0.15, 0.2) is 36.5 Å². The number of nitrogens with zero attached hydrogens (tertiary/aromatic N) is 3. The molecule has 150 valence electrons. The van der Waals surface area contributed by atoms with Crippen molar-refractivity contribution in [1.82, 2.24) is 14.9 Å². The fraction of sp³-hybridized carbons (Fsp3) is 0.375. The molecule has 1 amide bonds. The number of benzene rings is 1. The standard InChI is InChI=1S/C24H28N4O/c1-15-7-6-12-28(14-15)24(29)20-13-25-23-19(11-10-17(3)26-23)22(20)27-21-9-5-8-16(2)18(21)4/h5,8-11,13,15H,6-7,12,14H2,1-4H3,(H,25,26,27). The normalized spacial score (nSPS) is 16.8. The minimum atomic E-state index is 0.0410. The van der Waals surface area contributed by atoms with Crippen LogP contribution in [0, 0.1) is 26.7 Å². The lowest BCUT2D eigenvalue weighted by molar-refractivity contribution is 0.0684. The first-order valence-corrected chi connectivity index (χ1v) is 10.3. The molecule has 0 radical (unpaired) electrons. The van der Waals surface area contributed by atoms with Crippen LogP contribution in [0.2, 0.25) is 0 Å². The van der Waals surface area contributed by atoms with E-state index < -0.39 is 0 Å². The summed E-state index contributed by atoms with van der Waals surface area (Å²) < 4.78 is 0. The SMILES string of the molecule is Cc1ccc2c(Nc3cccc(C)c3C)c(C(=O)N3CCCC(C)C3)cnc2n1. The molecule has 4 rings (SSSR count). The van der Waals surface area contributed by atoms with Crippen molar-refractivity contribution in [2.45, 2.75) is 40.5 Å². The molecule has 1 aliphatic rings. The Labute approximate surface area is 172 Å². The van der Waals surface area contributed by atoms with Crippen molar-refractivity contribution >= 4 is 28.3 Å². The van der Waals surface area contributed by atoms with E-state index in [9.17, 15) is 4.79 Å². The topological polar surface area (TPSA) is 58.1 Å². The number of amides is 1. The monoisotopic (exact) mass is 388 g/mol. The highest BCUT2D eigenvalue weighted by Crippen LogP contribution is 2.32. The second-order valence-electron chi connectivity index (χ2n) is 8.24. The Morgan fingerprint density at radius 3 is 2.79 bits per heavy atom. The number of nitrogens with one attached hydrogen (secondary N) is 1. The first-order valence-electron chi connectivity index (χ1n) is 10.3. The first kappa shape index (κ1) is 19.4. The lowest BCUT2D eigenvalue weighted by Gasteiger charge is -2.31. The zero-order valence-electron chi connectivity index (χ0n) is 17.6. The summed E-state index contributed by atoms with van der Waals surface area (Å²) in [4.78, 5) is 24.5. The van der Waals surface area contributed by atoms with Crippen molar-refractivity contribution in [1.29, 1.82) is 0 Å². The van der Waals surface area contributed by atoms with Crippen LogP contribution in [0.3, 0.4) is 0 Å².